The van der Waals surface area contributed by atoms with Crippen molar-refractivity contribution < 1.29 is 45.6 Å². The minimum atomic E-state index is -5.30. The molecule has 0 atom stereocenters. The van der Waals surface area contributed by atoms with Gasteiger partial charge in [-0.2, -0.15) is 13.2 Å². The van der Waals surface area contributed by atoms with Crippen molar-refractivity contribution in [3.63, 3.8) is 0 Å². The Balaban J connectivity index is 2.07. The second-order valence-corrected chi connectivity index (χ2v) is 14.3. The Kier molecular flexibility index (Phi) is 8.61. The third-order valence-corrected chi connectivity index (χ3v) is 8.53. The highest BCUT2D eigenvalue weighted by atomic mass is 31.2. The molecule has 16 heteroatoms. The Labute approximate surface area is 261 Å². The average Bonchev–Trinajstić information content (AvgIpc) is 2.90. The molecule has 3 heterocycles. The van der Waals surface area contributed by atoms with Crippen LogP contribution in [0.3, 0.4) is 0 Å². The highest BCUT2D eigenvalue weighted by molar-refractivity contribution is 7.46. The first-order valence-corrected chi connectivity index (χ1v) is 15.5. The summed E-state index contributed by atoms with van der Waals surface area (Å²) in [6.45, 7) is 11.8. The van der Waals surface area contributed by atoms with E-state index in [1.807, 2.05) is 0 Å². The molecule has 2 N–H and O–H groups in total. The third kappa shape index (κ3) is 5.85. The summed E-state index contributed by atoms with van der Waals surface area (Å²) in [5.74, 6) is -3.31. The normalized spacial score (nSPS) is 15.0. The lowest BCUT2D eigenvalue weighted by atomic mass is 9.67. The van der Waals surface area contributed by atoms with Gasteiger partial charge in [0.2, 0.25) is 0 Å². The predicted octanol–water partition coefficient (Wildman–Crippen LogP) is 6.77. The first-order chi connectivity index (χ1) is 20.8. The lowest BCUT2D eigenvalue weighted by Gasteiger charge is -2.54. The van der Waals surface area contributed by atoms with Crippen molar-refractivity contribution in [2.24, 2.45) is 10.8 Å². The molecule has 0 saturated carbocycles. The summed E-state index contributed by atoms with van der Waals surface area (Å²) in [6.07, 6.45) is -4.11. The molecule has 0 spiro atoms. The summed E-state index contributed by atoms with van der Waals surface area (Å²) in [4.78, 5) is 53.6. The fraction of sp³-hybridized carbons (Fsp3) is 0.433. The van der Waals surface area contributed by atoms with Gasteiger partial charge in [-0.3, -0.25) is 23.6 Å². The van der Waals surface area contributed by atoms with Gasteiger partial charge in [0.1, 0.15) is 12.4 Å². The standard InChI is InChI=1S/C30H34F5N4O6P/c1-16-20(10-9-19(31)25(16)32)37-15-38(26(41)18-13-23(29(33,34)35)36-14-22(18)37)21-11-12-24(40)39(17(21)2)30(27(3,4)5,28(6,7)8)45-46(42,43)44/h9-14H,15H2,1-8H3,(H2,42,43,44). The number of rotatable bonds is 5. The molecule has 0 radical (unpaired) electrons. The summed E-state index contributed by atoms with van der Waals surface area (Å²) in [6, 6.07) is 4.87. The van der Waals surface area contributed by atoms with Crippen molar-refractivity contribution >= 4 is 30.8 Å². The molecule has 46 heavy (non-hydrogen) atoms. The van der Waals surface area contributed by atoms with Crippen LogP contribution in [0.1, 0.15) is 68.9 Å². The van der Waals surface area contributed by atoms with Gasteiger partial charge in [0.25, 0.3) is 11.5 Å². The maximum atomic E-state index is 14.7. The fourth-order valence-corrected chi connectivity index (χ4v) is 7.30. The van der Waals surface area contributed by atoms with E-state index in [-0.39, 0.29) is 28.3 Å². The highest BCUT2D eigenvalue weighted by Gasteiger charge is 2.58. The van der Waals surface area contributed by atoms with Gasteiger partial charge in [0.05, 0.1) is 23.1 Å². The summed E-state index contributed by atoms with van der Waals surface area (Å²) >= 11 is 0. The quantitative estimate of drug-likeness (QED) is 0.225. The number of hydrogen-bond donors (Lipinski definition) is 2. The molecule has 0 bridgehead atoms. The van der Waals surface area contributed by atoms with Crippen molar-refractivity contribution in [1.82, 2.24) is 9.55 Å². The number of fused-ring (bicyclic) bond motifs is 1. The van der Waals surface area contributed by atoms with Crippen molar-refractivity contribution in [3.8, 4) is 0 Å². The van der Waals surface area contributed by atoms with Gasteiger partial charge in [-0.1, -0.05) is 41.5 Å². The zero-order chi connectivity index (χ0) is 34.9. The second-order valence-electron chi connectivity index (χ2n) is 13.1. The topological polar surface area (TPSA) is 125 Å². The Morgan fingerprint density at radius 3 is 1.96 bits per heavy atom. The van der Waals surface area contributed by atoms with Crippen molar-refractivity contribution in [2.45, 2.75) is 67.3 Å². The molecular weight excluding hydrogens is 638 g/mol. The van der Waals surface area contributed by atoms with E-state index < -0.39 is 71.6 Å². The number of carbonyl (C=O) groups is 1. The second kappa shape index (κ2) is 11.3. The maximum Gasteiger partial charge on any atom is 0.471 e. The number of benzene rings is 1. The van der Waals surface area contributed by atoms with E-state index in [9.17, 15) is 45.9 Å². The van der Waals surface area contributed by atoms with Crippen LogP contribution in [-0.2, 0) is 21.0 Å². The summed E-state index contributed by atoms with van der Waals surface area (Å²) in [7, 11) is -5.30. The first-order valence-electron chi connectivity index (χ1n) is 13.9. The first kappa shape index (κ1) is 35.2. The van der Waals surface area contributed by atoms with Crippen LogP contribution in [0.2, 0.25) is 0 Å². The lowest BCUT2D eigenvalue weighted by molar-refractivity contribution is -0.194. The van der Waals surface area contributed by atoms with Crippen LogP contribution in [0.5, 0.6) is 0 Å². The van der Waals surface area contributed by atoms with Gasteiger partial charge >= 0.3 is 14.0 Å². The number of carbonyl (C=O) groups excluding carboxylic acids is 1. The number of phosphoric acid groups is 1. The van der Waals surface area contributed by atoms with Crippen LogP contribution in [0.4, 0.5) is 39.0 Å². The van der Waals surface area contributed by atoms with Gasteiger partial charge in [-0.25, -0.2) is 18.3 Å². The monoisotopic (exact) mass is 672 g/mol. The molecule has 3 aromatic rings. The smallest absolute Gasteiger partial charge is 0.320 e. The molecule has 10 nitrogen and oxygen atoms in total. The molecular formula is C30H34F5N4O6P. The molecule has 2 aromatic heterocycles. The predicted molar refractivity (Wildman–Crippen MR) is 160 cm³/mol. The Hall–Kier alpha value is -3.65. The van der Waals surface area contributed by atoms with Gasteiger partial charge in [-0.05, 0) is 38.1 Å². The van der Waals surface area contributed by atoms with E-state index in [0.717, 1.165) is 27.8 Å². The third-order valence-electron chi connectivity index (χ3n) is 8.02. The van der Waals surface area contributed by atoms with E-state index in [2.05, 4.69) is 4.98 Å². The molecule has 0 aliphatic carbocycles. The Bertz CT molecular complexity index is 1810. The van der Waals surface area contributed by atoms with Crippen LogP contribution in [-0.4, -0.2) is 31.9 Å². The molecule has 1 aliphatic heterocycles. The molecule has 0 saturated heterocycles. The number of pyridine rings is 2. The van der Waals surface area contributed by atoms with Crippen LogP contribution in [0, 0.1) is 36.3 Å². The van der Waals surface area contributed by atoms with Crippen LogP contribution >= 0.6 is 7.82 Å². The van der Waals surface area contributed by atoms with Gasteiger partial charge in [-0.15, -0.1) is 0 Å². The fourth-order valence-electron chi connectivity index (χ4n) is 6.33. The lowest BCUT2D eigenvalue weighted by Crippen LogP contribution is -2.60. The zero-order valence-electron chi connectivity index (χ0n) is 26.3. The largest absolute Gasteiger partial charge is 0.471 e. The number of phosphoric ester groups is 1. The van der Waals surface area contributed by atoms with Crippen LogP contribution in [0.25, 0.3) is 0 Å². The summed E-state index contributed by atoms with van der Waals surface area (Å²) < 4.78 is 89.0. The molecule has 0 unspecified atom stereocenters. The Morgan fingerprint density at radius 2 is 1.43 bits per heavy atom. The van der Waals surface area contributed by atoms with E-state index in [1.54, 1.807) is 41.5 Å². The molecule has 0 fully saturated rings. The zero-order valence-corrected chi connectivity index (χ0v) is 27.2. The van der Waals surface area contributed by atoms with E-state index in [1.165, 1.54) is 30.9 Å². The Morgan fingerprint density at radius 1 is 0.870 bits per heavy atom. The molecule has 4 rings (SSSR count). The van der Waals surface area contributed by atoms with E-state index in [0.29, 0.717) is 6.07 Å². The number of anilines is 3. The van der Waals surface area contributed by atoms with E-state index >= 15 is 0 Å². The maximum absolute atomic E-state index is 14.7. The number of hydrogen-bond acceptors (Lipinski definition) is 6. The number of halogens is 5. The summed E-state index contributed by atoms with van der Waals surface area (Å²) in [5.41, 5.74) is -7.38. The molecule has 1 aliphatic rings. The molecule has 250 valence electrons. The minimum absolute atomic E-state index is 0.0188. The average molecular weight is 673 g/mol. The van der Waals surface area contributed by atoms with Gasteiger partial charge < -0.3 is 14.7 Å². The van der Waals surface area contributed by atoms with Crippen molar-refractivity contribution in [1.29, 1.82) is 0 Å². The number of nitrogens with zero attached hydrogens (tertiary/aromatic N) is 4. The van der Waals surface area contributed by atoms with Crippen LogP contribution < -0.4 is 15.4 Å². The van der Waals surface area contributed by atoms with Gasteiger partial charge in [0.15, 0.2) is 17.4 Å². The number of aromatic nitrogens is 2. The molecule has 1 amide bonds. The highest BCUT2D eigenvalue weighted by Crippen LogP contribution is 2.58. The minimum Gasteiger partial charge on any atom is -0.320 e. The van der Waals surface area contributed by atoms with Gasteiger partial charge in [0, 0.05) is 33.8 Å². The van der Waals surface area contributed by atoms with Crippen LogP contribution in [0.15, 0.2) is 41.3 Å². The summed E-state index contributed by atoms with van der Waals surface area (Å²) in [5, 5.41) is 0. The van der Waals surface area contributed by atoms with Crippen molar-refractivity contribution in [2.75, 3.05) is 16.5 Å². The number of alkyl halides is 3. The number of amides is 1. The van der Waals surface area contributed by atoms with Crippen molar-refractivity contribution in [3.05, 3.63) is 81.0 Å². The SMILES string of the molecule is Cc1c(N2CN(c3ccc(=O)n(C(OP(=O)(O)O)(C(C)(C)C)C(C)(C)C)c3C)C(=O)c3cc(C(F)(F)F)ncc32)ccc(F)c1F. The molecule has 1 aromatic carbocycles. The van der Waals surface area contributed by atoms with E-state index in [4.69, 9.17) is 4.52 Å².